The number of nitrogens with one attached hydrogen (secondary N) is 1. The van der Waals surface area contributed by atoms with Crippen LogP contribution in [0.15, 0.2) is 66.9 Å². The van der Waals surface area contributed by atoms with Crippen molar-refractivity contribution in [2.75, 3.05) is 25.6 Å². The van der Waals surface area contributed by atoms with Crippen LogP contribution in [-0.2, 0) is 0 Å². The summed E-state index contributed by atoms with van der Waals surface area (Å²) in [5.41, 5.74) is 3.50. The van der Waals surface area contributed by atoms with Crippen molar-refractivity contribution in [3.8, 4) is 16.9 Å². The van der Waals surface area contributed by atoms with Gasteiger partial charge in [-0.05, 0) is 35.9 Å². The van der Waals surface area contributed by atoms with Crippen molar-refractivity contribution in [3.05, 3.63) is 88.8 Å². The van der Waals surface area contributed by atoms with E-state index in [4.69, 9.17) is 16.3 Å². The van der Waals surface area contributed by atoms with Crippen molar-refractivity contribution in [1.29, 1.82) is 0 Å². The van der Waals surface area contributed by atoms with Gasteiger partial charge in [0.25, 0.3) is 5.91 Å². The van der Waals surface area contributed by atoms with E-state index >= 15 is 0 Å². The Kier molecular flexibility index (Phi) is 5.84. The van der Waals surface area contributed by atoms with Crippen LogP contribution >= 0.6 is 11.6 Å². The Hall–Kier alpha value is -3.64. The van der Waals surface area contributed by atoms with Gasteiger partial charge in [0.15, 0.2) is 0 Å². The molecule has 4 aromatic rings. The monoisotopic (exact) mass is 475 g/mol. The van der Waals surface area contributed by atoms with Gasteiger partial charge in [-0.3, -0.25) is 9.78 Å². The number of para-hydroxylation sites is 1. The molecule has 34 heavy (non-hydrogen) atoms. The van der Waals surface area contributed by atoms with Gasteiger partial charge in [-0.1, -0.05) is 41.9 Å². The highest BCUT2D eigenvalue weighted by molar-refractivity contribution is 6.31. The van der Waals surface area contributed by atoms with E-state index in [1.807, 2.05) is 43.3 Å². The number of carbonyl (C=O) groups excluding carboxylic acids is 1. The Morgan fingerprint density at radius 2 is 1.97 bits per heavy atom. The van der Waals surface area contributed by atoms with Gasteiger partial charge in [0.1, 0.15) is 11.6 Å². The normalized spacial score (nSPS) is 14.9. The van der Waals surface area contributed by atoms with Gasteiger partial charge >= 0.3 is 0 Å². The molecule has 2 heterocycles. The van der Waals surface area contributed by atoms with Crippen LogP contribution in [0.4, 0.5) is 10.1 Å². The van der Waals surface area contributed by atoms with E-state index in [2.05, 4.69) is 10.3 Å². The predicted octanol–water partition coefficient (Wildman–Crippen LogP) is 6.01. The molecule has 0 saturated heterocycles. The first-order chi connectivity index (χ1) is 16.4. The highest BCUT2D eigenvalue weighted by Crippen LogP contribution is 2.37. The molecular weight excluding hydrogens is 453 g/mol. The first-order valence-corrected chi connectivity index (χ1v) is 11.4. The van der Waals surface area contributed by atoms with E-state index in [-0.39, 0.29) is 11.9 Å². The summed E-state index contributed by atoms with van der Waals surface area (Å²) >= 11 is 6.16. The molecule has 5 nitrogen and oxygen atoms in total. The molecule has 5 rings (SSSR count). The maximum atomic E-state index is 15.0. The molecular formula is C27H23ClFN3O2. The predicted molar refractivity (Wildman–Crippen MR) is 133 cm³/mol. The van der Waals surface area contributed by atoms with E-state index in [1.165, 1.54) is 12.3 Å². The van der Waals surface area contributed by atoms with Gasteiger partial charge in [0, 0.05) is 48.2 Å². The minimum absolute atomic E-state index is 0.168. The fourth-order valence-corrected chi connectivity index (χ4v) is 4.71. The van der Waals surface area contributed by atoms with Gasteiger partial charge < -0.3 is 15.0 Å². The molecule has 3 aromatic carbocycles. The fraction of sp³-hybridized carbons (Fsp3) is 0.185. The first kappa shape index (κ1) is 22.2. The number of amides is 1. The lowest BCUT2D eigenvalue weighted by Crippen LogP contribution is -2.33. The molecule has 0 unspecified atom stereocenters. The number of hydrogen-bond donors (Lipinski definition) is 1. The number of anilines is 1. The molecule has 0 saturated carbocycles. The summed E-state index contributed by atoms with van der Waals surface area (Å²) in [7, 11) is 3.72. The number of halogens is 2. The molecule has 0 radical (unpaired) electrons. The second-order valence-electron chi connectivity index (χ2n) is 8.44. The van der Waals surface area contributed by atoms with Gasteiger partial charge in [-0.2, -0.15) is 0 Å². The Morgan fingerprint density at radius 1 is 1.15 bits per heavy atom. The maximum absolute atomic E-state index is 15.0. The zero-order chi connectivity index (χ0) is 23.8. The summed E-state index contributed by atoms with van der Waals surface area (Å²) in [6.45, 7) is 0.529. The molecule has 0 fully saturated rings. The lowest BCUT2D eigenvalue weighted by Gasteiger charge is -2.27. The fourth-order valence-electron chi connectivity index (χ4n) is 4.52. The first-order valence-electron chi connectivity index (χ1n) is 11.0. The van der Waals surface area contributed by atoms with Crippen LogP contribution in [0.5, 0.6) is 5.75 Å². The Labute approximate surface area is 202 Å². The summed E-state index contributed by atoms with van der Waals surface area (Å²) in [6, 6.07) is 17.6. The van der Waals surface area contributed by atoms with Crippen LogP contribution in [0.25, 0.3) is 22.0 Å². The van der Waals surface area contributed by atoms with Crippen LogP contribution in [0, 0.1) is 5.82 Å². The lowest BCUT2D eigenvalue weighted by atomic mass is 9.98. The number of carbonyl (C=O) groups is 1. The highest BCUT2D eigenvalue weighted by Gasteiger charge is 2.26. The topological polar surface area (TPSA) is 54.5 Å². The van der Waals surface area contributed by atoms with Gasteiger partial charge in [0.2, 0.25) is 0 Å². The third-order valence-corrected chi connectivity index (χ3v) is 6.26. The minimum atomic E-state index is -0.400. The van der Waals surface area contributed by atoms with Crippen molar-refractivity contribution in [1.82, 2.24) is 10.3 Å². The second-order valence-corrected chi connectivity index (χ2v) is 8.88. The quantitative estimate of drug-likeness (QED) is 0.392. The van der Waals surface area contributed by atoms with Crippen LogP contribution in [-0.4, -0.2) is 31.6 Å². The molecule has 0 spiro atoms. The number of fused-ring (bicyclic) bond motifs is 2. The molecule has 172 valence electrons. The van der Waals surface area contributed by atoms with Crippen molar-refractivity contribution >= 4 is 34.1 Å². The molecule has 0 aliphatic carbocycles. The standard InChI is InChI=1S/C27H23ClFN3O2/c1-32(2)26-19-10-11-21(29)24(16-6-5-7-17(28)14-16)25(19)30-15-20(26)27(33)31-22-12-13-34-23-9-4-3-8-18(22)23/h3-11,14-15,22H,12-13H2,1-2H3,(H,31,33)/t22-/m0/s1. The molecule has 1 aliphatic heterocycles. The number of aromatic nitrogens is 1. The Balaban J connectivity index is 1.60. The lowest BCUT2D eigenvalue weighted by molar-refractivity contribution is 0.0925. The number of benzene rings is 3. The number of ether oxygens (including phenoxy) is 1. The summed E-state index contributed by atoms with van der Waals surface area (Å²) in [5, 5.41) is 4.33. The zero-order valence-corrected chi connectivity index (χ0v) is 19.6. The van der Waals surface area contributed by atoms with Crippen LogP contribution in [0.2, 0.25) is 5.02 Å². The molecule has 0 bridgehead atoms. The van der Waals surface area contributed by atoms with Crippen LogP contribution in [0.1, 0.15) is 28.4 Å². The Bertz CT molecular complexity index is 1410. The number of nitrogens with zero attached hydrogens (tertiary/aromatic N) is 2. The van der Waals surface area contributed by atoms with Crippen LogP contribution < -0.4 is 15.0 Å². The van der Waals surface area contributed by atoms with E-state index in [0.717, 1.165) is 11.3 Å². The third-order valence-electron chi connectivity index (χ3n) is 6.03. The molecule has 1 N–H and O–H groups in total. The van der Waals surface area contributed by atoms with Crippen molar-refractivity contribution in [3.63, 3.8) is 0 Å². The molecule has 1 aliphatic rings. The Morgan fingerprint density at radius 3 is 2.76 bits per heavy atom. The minimum Gasteiger partial charge on any atom is -0.493 e. The third kappa shape index (κ3) is 3.94. The molecule has 1 amide bonds. The van der Waals surface area contributed by atoms with Gasteiger partial charge in [-0.15, -0.1) is 0 Å². The van der Waals surface area contributed by atoms with E-state index < -0.39 is 5.82 Å². The van der Waals surface area contributed by atoms with E-state index in [1.54, 1.807) is 30.3 Å². The summed E-state index contributed by atoms with van der Waals surface area (Å²) in [5.74, 6) is 0.140. The highest BCUT2D eigenvalue weighted by atomic mass is 35.5. The summed E-state index contributed by atoms with van der Waals surface area (Å²) < 4.78 is 20.7. The average molecular weight is 476 g/mol. The molecule has 1 atom stereocenters. The maximum Gasteiger partial charge on any atom is 0.255 e. The largest absolute Gasteiger partial charge is 0.493 e. The second kappa shape index (κ2) is 8.95. The van der Waals surface area contributed by atoms with Crippen molar-refractivity contribution in [2.45, 2.75) is 12.5 Å². The molecule has 7 heteroatoms. The summed E-state index contributed by atoms with van der Waals surface area (Å²) in [4.78, 5) is 19.9. The smallest absolute Gasteiger partial charge is 0.255 e. The number of pyridine rings is 1. The molecule has 1 aromatic heterocycles. The van der Waals surface area contributed by atoms with E-state index in [0.29, 0.717) is 51.3 Å². The number of hydrogen-bond acceptors (Lipinski definition) is 4. The van der Waals surface area contributed by atoms with Crippen molar-refractivity contribution < 1.29 is 13.9 Å². The van der Waals surface area contributed by atoms with Crippen LogP contribution in [0.3, 0.4) is 0 Å². The van der Waals surface area contributed by atoms with Gasteiger partial charge in [0.05, 0.1) is 29.4 Å². The van der Waals surface area contributed by atoms with Crippen molar-refractivity contribution in [2.24, 2.45) is 0 Å². The number of rotatable bonds is 4. The van der Waals surface area contributed by atoms with E-state index in [9.17, 15) is 9.18 Å². The zero-order valence-electron chi connectivity index (χ0n) is 18.8. The SMILES string of the molecule is CN(C)c1c(C(=O)N[C@H]2CCOc3ccccc32)cnc2c(-c3cccc(Cl)c3)c(F)ccc12. The van der Waals surface area contributed by atoms with Gasteiger partial charge in [-0.25, -0.2) is 4.39 Å². The summed E-state index contributed by atoms with van der Waals surface area (Å²) in [6.07, 6.45) is 2.19. The average Bonchev–Trinajstić information content (AvgIpc) is 2.83.